The lowest BCUT2D eigenvalue weighted by molar-refractivity contribution is -0.0629. The van der Waals surface area contributed by atoms with E-state index >= 15 is 0 Å². The zero-order chi connectivity index (χ0) is 9.90. The number of rotatable bonds is 1. The van der Waals surface area contributed by atoms with Gasteiger partial charge >= 0.3 is 6.09 Å². The fraction of sp³-hybridized carbons (Fsp3) is 0.667. The Morgan fingerprint density at radius 1 is 1.69 bits per heavy atom. The maximum Gasteiger partial charge on any atom is 0.404 e. The van der Waals surface area contributed by atoms with Gasteiger partial charge in [0.15, 0.2) is 5.60 Å². The topological polar surface area (TPSA) is 72.6 Å². The minimum absolute atomic E-state index is 0.460. The van der Waals surface area contributed by atoms with Crippen LogP contribution in [0.5, 0.6) is 0 Å². The number of hydrogen-bond donors (Lipinski definition) is 2. The molecule has 72 valence electrons. The highest BCUT2D eigenvalue weighted by molar-refractivity contribution is 5.65. The summed E-state index contributed by atoms with van der Waals surface area (Å²) in [5, 5.41) is 9.82. The first-order chi connectivity index (χ1) is 6.08. The maximum absolute atomic E-state index is 10.5. The van der Waals surface area contributed by atoms with Gasteiger partial charge in [-0.2, -0.15) is 0 Å². The number of amides is 1. The summed E-state index contributed by atoms with van der Waals surface area (Å²) in [4.78, 5) is 10.5. The third-order valence-corrected chi connectivity index (χ3v) is 2.32. The summed E-state index contributed by atoms with van der Waals surface area (Å²) in [6.45, 7) is 0. The van der Waals surface area contributed by atoms with Crippen LogP contribution in [0.15, 0.2) is 0 Å². The molecular weight excluding hydrogens is 170 g/mol. The van der Waals surface area contributed by atoms with E-state index in [9.17, 15) is 9.90 Å². The van der Waals surface area contributed by atoms with Gasteiger partial charge in [0.2, 0.25) is 0 Å². The molecule has 4 heteroatoms. The van der Waals surface area contributed by atoms with Gasteiger partial charge in [-0.05, 0) is 25.7 Å². The highest BCUT2D eigenvalue weighted by Gasteiger charge is 2.39. The van der Waals surface area contributed by atoms with Crippen LogP contribution in [0.4, 0.5) is 4.79 Å². The van der Waals surface area contributed by atoms with Crippen molar-refractivity contribution in [3.63, 3.8) is 0 Å². The average Bonchev–Trinajstić information content (AvgIpc) is 2.09. The number of terminal acetylenes is 1. The number of primary amides is 1. The largest absolute Gasteiger partial charge is 0.442 e. The van der Waals surface area contributed by atoms with Gasteiger partial charge in [-0.3, -0.25) is 0 Å². The smallest absolute Gasteiger partial charge is 0.404 e. The van der Waals surface area contributed by atoms with Gasteiger partial charge < -0.3 is 15.6 Å². The lowest BCUT2D eigenvalue weighted by Crippen LogP contribution is -2.46. The Kier molecular flexibility index (Phi) is 2.79. The van der Waals surface area contributed by atoms with E-state index in [1.807, 2.05) is 0 Å². The van der Waals surface area contributed by atoms with E-state index in [0.717, 1.165) is 12.8 Å². The van der Waals surface area contributed by atoms with Gasteiger partial charge in [0.05, 0.1) is 0 Å². The molecule has 0 aliphatic heterocycles. The molecule has 0 bridgehead atoms. The molecule has 2 atom stereocenters. The third-order valence-electron chi connectivity index (χ3n) is 2.32. The van der Waals surface area contributed by atoms with Gasteiger partial charge in [0, 0.05) is 0 Å². The van der Waals surface area contributed by atoms with Crippen molar-refractivity contribution >= 4 is 6.09 Å². The summed E-state index contributed by atoms with van der Waals surface area (Å²) in [6.07, 6.45) is 6.40. The van der Waals surface area contributed by atoms with Gasteiger partial charge in [-0.15, -0.1) is 6.42 Å². The summed E-state index contributed by atoms with van der Waals surface area (Å²) in [5.41, 5.74) is 3.53. The molecule has 1 aliphatic carbocycles. The van der Waals surface area contributed by atoms with E-state index in [1.54, 1.807) is 0 Å². The van der Waals surface area contributed by atoms with Gasteiger partial charge in [-0.25, -0.2) is 4.79 Å². The predicted octanol–water partition coefficient (Wildman–Crippen LogP) is 0.389. The zero-order valence-electron chi connectivity index (χ0n) is 7.32. The minimum atomic E-state index is -1.33. The molecule has 0 aromatic heterocycles. The summed E-state index contributed by atoms with van der Waals surface area (Å²) < 4.78 is 4.74. The molecular formula is C9H13NO3. The van der Waals surface area contributed by atoms with Crippen LogP contribution in [-0.4, -0.2) is 22.9 Å². The van der Waals surface area contributed by atoms with E-state index in [1.165, 1.54) is 0 Å². The Morgan fingerprint density at radius 3 is 2.92 bits per heavy atom. The molecule has 1 rings (SSSR count). The highest BCUT2D eigenvalue weighted by Crippen LogP contribution is 2.30. The molecule has 13 heavy (non-hydrogen) atoms. The summed E-state index contributed by atoms with van der Waals surface area (Å²) in [5.74, 6) is 2.26. The molecule has 0 spiro atoms. The average molecular weight is 183 g/mol. The first-order valence-corrected chi connectivity index (χ1v) is 4.25. The van der Waals surface area contributed by atoms with E-state index in [4.69, 9.17) is 16.9 Å². The molecule has 0 aromatic carbocycles. The predicted molar refractivity (Wildman–Crippen MR) is 46.7 cm³/mol. The van der Waals surface area contributed by atoms with Crippen molar-refractivity contribution in [2.75, 3.05) is 0 Å². The molecule has 0 saturated heterocycles. The van der Waals surface area contributed by atoms with Crippen molar-refractivity contribution in [3.8, 4) is 12.3 Å². The van der Waals surface area contributed by atoms with Crippen LogP contribution in [-0.2, 0) is 4.74 Å². The van der Waals surface area contributed by atoms with Crippen molar-refractivity contribution < 1.29 is 14.6 Å². The van der Waals surface area contributed by atoms with Gasteiger partial charge in [0.25, 0.3) is 0 Å². The SMILES string of the molecule is C#CC1(O)CCCCC1OC(N)=O. The Labute approximate surface area is 77.1 Å². The standard InChI is InChI=1S/C9H13NO3/c1-2-9(12)6-4-3-5-7(9)13-8(10)11/h1,7,12H,3-6H2,(H2,10,11). The normalized spacial score (nSPS) is 33.4. The number of aliphatic hydroxyl groups is 1. The number of nitrogens with two attached hydrogens (primary N) is 1. The number of carbonyl (C=O) groups excluding carboxylic acids is 1. The monoisotopic (exact) mass is 183 g/mol. The summed E-state index contributed by atoms with van der Waals surface area (Å²) >= 11 is 0. The second-order valence-corrected chi connectivity index (χ2v) is 3.24. The molecule has 1 saturated carbocycles. The lowest BCUT2D eigenvalue weighted by Gasteiger charge is -2.34. The van der Waals surface area contributed by atoms with Crippen LogP contribution in [0.2, 0.25) is 0 Å². The second kappa shape index (κ2) is 3.67. The van der Waals surface area contributed by atoms with Gasteiger partial charge in [0.1, 0.15) is 6.10 Å². The van der Waals surface area contributed by atoms with Crippen molar-refractivity contribution in [1.29, 1.82) is 0 Å². The molecule has 1 amide bonds. The summed E-state index contributed by atoms with van der Waals surface area (Å²) in [7, 11) is 0. The van der Waals surface area contributed by atoms with E-state index in [2.05, 4.69) is 5.92 Å². The Balaban J connectivity index is 2.69. The fourth-order valence-corrected chi connectivity index (χ4v) is 1.59. The number of carbonyl (C=O) groups is 1. The van der Waals surface area contributed by atoms with Crippen molar-refractivity contribution in [1.82, 2.24) is 0 Å². The molecule has 0 heterocycles. The molecule has 4 nitrogen and oxygen atoms in total. The fourth-order valence-electron chi connectivity index (χ4n) is 1.59. The molecule has 0 aromatic rings. The third kappa shape index (κ3) is 2.13. The van der Waals surface area contributed by atoms with Gasteiger partial charge in [-0.1, -0.05) is 5.92 Å². The molecule has 1 fully saturated rings. The van der Waals surface area contributed by atoms with Crippen LogP contribution in [0, 0.1) is 12.3 Å². The zero-order valence-corrected chi connectivity index (χ0v) is 7.32. The first kappa shape index (κ1) is 9.87. The van der Waals surface area contributed by atoms with Crippen LogP contribution in [0.3, 0.4) is 0 Å². The number of hydrogen-bond acceptors (Lipinski definition) is 3. The maximum atomic E-state index is 10.5. The molecule has 3 N–H and O–H groups in total. The van der Waals surface area contributed by atoms with Crippen LogP contribution >= 0.6 is 0 Å². The van der Waals surface area contributed by atoms with E-state index < -0.39 is 17.8 Å². The van der Waals surface area contributed by atoms with Crippen LogP contribution in [0.25, 0.3) is 0 Å². The van der Waals surface area contributed by atoms with Crippen molar-refractivity contribution in [2.24, 2.45) is 5.73 Å². The Morgan fingerprint density at radius 2 is 2.38 bits per heavy atom. The van der Waals surface area contributed by atoms with E-state index in [0.29, 0.717) is 12.8 Å². The minimum Gasteiger partial charge on any atom is -0.442 e. The molecule has 0 radical (unpaired) electrons. The quantitative estimate of drug-likeness (QED) is 0.577. The molecule has 2 unspecified atom stereocenters. The van der Waals surface area contributed by atoms with Crippen molar-refractivity contribution in [3.05, 3.63) is 0 Å². The first-order valence-electron chi connectivity index (χ1n) is 4.25. The lowest BCUT2D eigenvalue weighted by atomic mass is 9.83. The number of ether oxygens (including phenoxy) is 1. The highest BCUT2D eigenvalue weighted by atomic mass is 16.6. The van der Waals surface area contributed by atoms with Crippen LogP contribution < -0.4 is 5.73 Å². The van der Waals surface area contributed by atoms with Crippen LogP contribution in [0.1, 0.15) is 25.7 Å². The molecule has 1 aliphatic rings. The van der Waals surface area contributed by atoms with E-state index in [-0.39, 0.29) is 0 Å². The Bertz CT molecular complexity index is 246. The van der Waals surface area contributed by atoms with Crippen molar-refractivity contribution in [2.45, 2.75) is 37.4 Å². The Hall–Kier alpha value is -1.21. The summed E-state index contributed by atoms with van der Waals surface area (Å²) in [6, 6.07) is 0. The second-order valence-electron chi connectivity index (χ2n) is 3.24.